The maximum atomic E-state index is 12.4. The summed E-state index contributed by atoms with van der Waals surface area (Å²) in [6, 6.07) is 6.29. The lowest BCUT2D eigenvalue weighted by Crippen LogP contribution is -2.01. The van der Waals surface area contributed by atoms with Gasteiger partial charge >= 0.3 is 6.61 Å². The second-order valence-corrected chi connectivity index (χ2v) is 5.57. The van der Waals surface area contributed by atoms with Crippen LogP contribution in [0.25, 0.3) is 22.6 Å². The average molecular weight is 367 g/mol. The van der Waals surface area contributed by atoms with E-state index in [1.54, 1.807) is 18.3 Å². The van der Waals surface area contributed by atoms with Gasteiger partial charge in [0.2, 0.25) is 0 Å². The second kappa shape index (κ2) is 7.14. The number of halogens is 2. The minimum atomic E-state index is -2.89. The van der Waals surface area contributed by atoms with Crippen LogP contribution in [0, 0.1) is 0 Å². The summed E-state index contributed by atoms with van der Waals surface area (Å²) in [5.41, 5.74) is 1.74. The minimum Gasteiger partial charge on any atom is -0.493 e. The molecule has 132 valence electrons. The van der Waals surface area contributed by atoms with E-state index in [9.17, 15) is 8.78 Å². The maximum Gasteiger partial charge on any atom is 0.387 e. The Morgan fingerprint density at radius 1 is 1.16 bits per heavy atom. The molecule has 3 rings (SSSR count). The third kappa shape index (κ3) is 3.19. The van der Waals surface area contributed by atoms with Gasteiger partial charge in [0.05, 0.1) is 25.3 Å². The fraction of sp³-hybridized carbons (Fsp3) is 0.250. The van der Waals surface area contributed by atoms with Gasteiger partial charge in [0.25, 0.3) is 0 Å². The molecule has 0 aliphatic rings. The van der Waals surface area contributed by atoms with Crippen LogP contribution in [0.15, 0.2) is 30.5 Å². The van der Waals surface area contributed by atoms with Gasteiger partial charge in [0.1, 0.15) is 5.75 Å². The van der Waals surface area contributed by atoms with Gasteiger partial charge in [-0.3, -0.25) is 3.97 Å². The third-order valence-corrected chi connectivity index (χ3v) is 4.23. The molecule has 0 aliphatic heterocycles. The van der Waals surface area contributed by atoms with E-state index in [4.69, 9.17) is 9.47 Å². The fourth-order valence-corrected chi connectivity index (χ4v) is 3.15. The van der Waals surface area contributed by atoms with E-state index < -0.39 is 6.61 Å². The molecular formula is C16H15F2N3O3S. The number of ether oxygens (including phenoxy) is 3. The molecule has 9 heteroatoms. The largest absolute Gasteiger partial charge is 0.493 e. The van der Waals surface area contributed by atoms with Crippen LogP contribution >= 0.6 is 11.9 Å². The molecule has 1 aromatic carbocycles. The Labute approximate surface area is 146 Å². The van der Waals surface area contributed by atoms with Crippen LogP contribution in [0.2, 0.25) is 0 Å². The zero-order chi connectivity index (χ0) is 18.0. The second-order valence-electron chi connectivity index (χ2n) is 4.84. The van der Waals surface area contributed by atoms with Crippen LogP contribution in [-0.2, 0) is 0 Å². The number of rotatable bonds is 6. The van der Waals surface area contributed by atoms with Crippen molar-refractivity contribution < 1.29 is 23.0 Å². The fourth-order valence-electron chi connectivity index (χ4n) is 2.50. The first-order chi connectivity index (χ1) is 12.1. The standard InChI is InChI=1S/C16H15F2N3O3S/c1-22-12-6-7-19-13(14(12)23-2)15-20-10-8-9(24-16(17)18)4-5-11(10)21(15)25-3/h4-8,16H,1-3H3. The molecule has 0 saturated heterocycles. The van der Waals surface area contributed by atoms with Crippen molar-refractivity contribution in [2.24, 2.45) is 0 Å². The molecule has 0 amide bonds. The third-order valence-electron chi connectivity index (χ3n) is 3.50. The van der Waals surface area contributed by atoms with Crippen LogP contribution in [-0.4, -0.2) is 41.0 Å². The van der Waals surface area contributed by atoms with Crippen molar-refractivity contribution in [2.75, 3.05) is 20.5 Å². The monoisotopic (exact) mass is 367 g/mol. The molecule has 0 fully saturated rings. The summed E-state index contributed by atoms with van der Waals surface area (Å²) in [4.78, 5) is 8.88. The molecule has 0 spiro atoms. The van der Waals surface area contributed by atoms with Gasteiger partial charge in [-0.05, 0) is 24.1 Å². The number of hydrogen-bond donors (Lipinski definition) is 0. The summed E-state index contributed by atoms with van der Waals surface area (Å²) in [5, 5.41) is 0. The summed E-state index contributed by atoms with van der Waals surface area (Å²) in [6.07, 6.45) is 3.47. The average Bonchev–Trinajstić information content (AvgIpc) is 2.97. The van der Waals surface area contributed by atoms with Crippen LogP contribution < -0.4 is 14.2 Å². The number of methoxy groups -OCH3 is 2. The van der Waals surface area contributed by atoms with Crippen LogP contribution in [0.5, 0.6) is 17.2 Å². The quantitative estimate of drug-likeness (QED) is 0.660. The van der Waals surface area contributed by atoms with E-state index in [1.807, 2.05) is 10.2 Å². The predicted molar refractivity (Wildman–Crippen MR) is 91.6 cm³/mol. The Kier molecular flexibility index (Phi) is 4.93. The number of hydrogen-bond acceptors (Lipinski definition) is 6. The number of benzene rings is 1. The van der Waals surface area contributed by atoms with Gasteiger partial charge < -0.3 is 14.2 Å². The molecular weight excluding hydrogens is 352 g/mol. The SMILES string of the molecule is COc1ccnc(-c2nc3cc(OC(F)F)ccc3n2SC)c1OC. The van der Waals surface area contributed by atoms with Crippen LogP contribution in [0.1, 0.15) is 0 Å². The molecule has 3 aromatic rings. The van der Waals surface area contributed by atoms with Crippen LogP contribution in [0.3, 0.4) is 0 Å². The molecule has 0 N–H and O–H groups in total. The van der Waals surface area contributed by atoms with E-state index in [-0.39, 0.29) is 5.75 Å². The molecule has 6 nitrogen and oxygen atoms in total. The van der Waals surface area contributed by atoms with E-state index in [2.05, 4.69) is 14.7 Å². The van der Waals surface area contributed by atoms with Gasteiger partial charge in [0, 0.05) is 24.6 Å². The zero-order valence-electron chi connectivity index (χ0n) is 13.7. The molecule has 2 aromatic heterocycles. The Hall–Kier alpha value is -2.55. The van der Waals surface area contributed by atoms with E-state index >= 15 is 0 Å². The number of nitrogens with zero attached hydrogens (tertiary/aromatic N) is 3. The summed E-state index contributed by atoms with van der Waals surface area (Å²) in [5.74, 6) is 1.53. The summed E-state index contributed by atoms with van der Waals surface area (Å²) in [7, 11) is 3.05. The van der Waals surface area contributed by atoms with Gasteiger partial charge in [-0.15, -0.1) is 0 Å². The maximum absolute atomic E-state index is 12.4. The number of alkyl halides is 2. The van der Waals surface area contributed by atoms with Crippen molar-refractivity contribution in [2.45, 2.75) is 6.61 Å². The zero-order valence-corrected chi connectivity index (χ0v) is 14.5. The lowest BCUT2D eigenvalue weighted by Gasteiger charge is -2.11. The number of aromatic nitrogens is 3. The number of fused-ring (bicyclic) bond motifs is 1. The number of imidazole rings is 1. The van der Waals surface area contributed by atoms with E-state index in [0.717, 1.165) is 5.52 Å². The highest BCUT2D eigenvalue weighted by molar-refractivity contribution is 7.97. The van der Waals surface area contributed by atoms with Gasteiger partial charge in [0.15, 0.2) is 23.0 Å². The Morgan fingerprint density at radius 2 is 1.96 bits per heavy atom. The minimum absolute atomic E-state index is 0.0466. The van der Waals surface area contributed by atoms with Crippen molar-refractivity contribution >= 4 is 23.0 Å². The lowest BCUT2D eigenvalue weighted by molar-refractivity contribution is -0.0497. The van der Waals surface area contributed by atoms with Gasteiger partial charge in [-0.25, -0.2) is 9.97 Å². The van der Waals surface area contributed by atoms with Crippen LogP contribution in [0.4, 0.5) is 8.78 Å². The smallest absolute Gasteiger partial charge is 0.387 e. The first kappa shape index (κ1) is 17.3. The van der Waals surface area contributed by atoms with Crippen molar-refractivity contribution in [1.29, 1.82) is 0 Å². The lowest BCUT2D eigenvalue weighted by atomic mass is 10.3. The Bertz CT molecular complexity index is 902. The topological polar surface area (TPSA) is 58.4 Å². The normalized spacial score (nSPS) is 11.1. The molecule has 25 heavy (non-hydrogen) atoms. The Balaban J connectivity index is 2.19. The molecule has 0 aliphatic carbocycles. The van der Waals surface area contributed by atoms with E-state index in [1.165, 1.54) is 38.3 Å². The van der Waals surface area contributed by atoms with Crippen molar-refractivity contribution in [3.63, 3.8) is 0 Å². The highest BCUT2D eigenvalue weighted by Gasteiger charge is 2.21. The van der Waals surface area contributed by atoms with Crippen molar-refractivity contribution in [3.8, 4) is 28.8 Å². The summed E-state index contributed by atoms with van der Waals surface area (Å²) >= 11 is 1.41. The molecule has 2 heterocycles. The molecule has 0 bridgehead atoms. The first-order valence-electron chi connectivity index (χ1n) is 7.18. The first-order valence-corrected chi connectivity index (χ1v) is 8.36. The molecule has 0 saturated carbocycles. The highest BCUT2D eigenvalue weighted by atomic mass is 32.2. The van der Waals surface area contributed by atoms with Crippen molar-refractivity contribution in [3.05, 3.63) is 30.5 Å². The van der Waals surface area contributed by atoms with Gasteiger partial charge in [-0.2, -0.15) is 8.78 Å². The van der Waals surface area contributed by atoms with Gasteiger partial charge in [-0.1, -0.05) is 0 Å². The predicted octanol–water partition coefficient (Wildman–Crippen LogP) is 3.84. The Morgan fingerprint density at radius 3 is 2.60 bits per heavy atom. The molecule has 0 radical (unpaired) electrons. The highest BCUT2D eigenvalue weighted by Crippen LogP contribution is 2.38. The molecule has 0 atom stereocenters. The molecule has 0 unspecified atom stereocenters. The summed E-state index contributed by atoms with van der Waals surface area (Å²) < 4.78 is 41.8. The number of pyridine rings is 1. The van der Waals surface area contributed by atoms with Crippen molar-refractivity contribution in [1.82, 2.24) is 13.9 Å². The summed E-state index contributed by atoms with van der Waals surface area (Å²) in [6.45, 7) is -2.89. The van der Waals surface area contributed by atoms with E-state index in [0.29, 0.717) is 28.5 Å².